The quantitative estimate of drug-likeness (QED) is 0.521. The van der Waals surface area contributed by atoms with Gasteiger partial charge in [-0.25, -0.2) is 0 Å². The van der Waals surface area contributed by atoms with Crippen LogP contribution in [0.1, 0.15) is 20.8 Å². The van der Waals surface area contributed by atoms with Gasteiger partial charge in [-0.1, -0.05) is 26.8 Å². The first-order valence-electron chi connectivity index (χ1n) is 3.27. The fourth-order valence-electron chi connectivity index (χ4n) is 0.373. The largest absolute Gasteiger partial charge is 0.384 e. The van der Waals surface area contributed by atoms with E-state index < -0.39 is 0 Å². The highest BCUT2D eigenvalue weighted by Gasteiger charge is 2.02. The molecule has 0 heterocycles. The molecule has 0 saturated carbocycles. The summed E-state index contributed by atoms with van der Waals surface area (Å²) in [6.45, 7) is 6.56. The first kappa shape index (κ1) is 8.54. The Balaban J connectivity index is 3.71. The molecular weight excluding hydrogens is 110 g/mol. The summed E-state index contributed by atoms with van der Waals surface area (Å²) in [6, 6.07) is 0. The van der Waals surface area contributed by atoms with E-state index in [4.69, 9.17) is 0 Å². The maximum atomic E-state index is 2.19. The average molecular weight is 127 g/mol. The van der Waals surface area contributed by atoms with Crippen molar-refractivity contribution >= 4 is 0 Å². The Morgan fingerprint density at radius 1 is 1.11 bits per heavy atom. The second-order valence-electron chi connectivity index (χ2n) is 3.65. The molecule has 0 spiro atoms. The Kier molecular flexibility index (Phi) is 2.75. The Morgan fingerprint density at radius 3 is 1.67 bits per heavy atom. The highest BCUT2D eigenvalue weighted by Crippen LogP contribution is 2.14. The van der Waals surface area contributed by atoms with Crippen molar-refractivity contribution in [3.8, 4) is 0 Å². The first-order valence-corrected chi connectivity index (χ1v) is 3.27. The molecule has 0 aliphatic carbocycles. The van der Waals surface area contributed by atoms with Crippen LogP contribution in [0.15, 0.2) is 12.3 Å². The molecule has 0 bridgehead atoms. The lowest BCUT2D eigenvalue weighted by Crippen LogP contribution is -2.05. The van der Waals surface area contributed by atoms with Crippen LogP contribution in [0, 0.1) is 5.41 Å². The van der Waals surface area contributed by atoms with Crippen molar-refractivity contribution in [1.29, 1.82) is 0 Å². The van der Waals surface area contributed by atoms with E-state index in [1.807, 2.05) is 19.0 Å². The third kappa shape index (κ3) is 7.54. The van der Waals surface area contributed by atoms with Crippen LogP contribution in [0.4, 0.5) is 0 Å². The maximum absolute atomic E-state index is 2.19. The van der Waals surface area contributed by atoms with Gasteiger partial charge in [0.25, 0.3) is 0 Å². The van der Waals surface area contributed by atoms with Gasteiger partial charge < -0.3 is 4.90 Å². The lowest BCUT2D eigenvalue weighted by molar-refractivity contribution is 0.506. The highest BCUT2D eigenvalue weighted by molar-refractivity contribution is 4.90. The molecular formula is C8H17N. The Morgan fingerprint density at radius 2 is 1.56 bits per heavy atom. The standard InChI is InChI=1S/C8H17N/c1-8(2,3)6-7-9(4)5/h6-7H,1-5H3/b7-6+. The molecule has 0 aromatic carbocycles. The molecule has 1 heteroatoms. The molecule has 0 unspecified atom stereocenters. The number of rotatable bonds is 1. The van der Waals surface area contributed by atoms with Crippen LogP contribution in [-0.4, -0.2) is 19.0 Å². The van der Waals surface area contributed by atoms with Gasteiger partial charge >= 0.3 is 0 Å². The van der Waals surface area contributed by atoms with Crippen molar-refractivity contribution in [3.63, 3.8) is 0 Å². The van der Waals surface area contributed by atoms with E-state index in [-0.39, 0.29) is 0 Å². The minimum absolute atomic E-state index is 0.310. The van der Waals surface area contributed by atoms with E-state index >= 15 is 0 Å². The summed E-state index contributed by atoms with van der Waals surface area (Å²) >= 11 is 0. The van der Waals surface area contributed by atoms with Crippen LogP contribution < -0.4 is 0 Å². The number of hydrogen-bond acceptors (Lipinski definition) is 1. The van der Waals surface area contributed by atoms with E-state index in [9.17, 15) is 0 Å². The molecule has 9 heavy (non-hydrogen) atoms. The molecule has 0 aromatic rings. The van der Waals surface area contributed by atoms with Gasteiger partial charge in [0.1, 0.15) is 0 Å². The average Bonchev–Trinajstić information content (AvgIpc) is 1.59. The first-order chi connectivity index (χ1) is 3.92. The molecule has 1 nitrogen and oxygen atoms in total. The molecule has 0 saturated heterocycles. The van der Waals surface area contributed by atoms with E-state index in [1.165, 1.54) is 0 Å². The fraction of sp³-hybridized carbons (Fsp3) is 0.750. The molecule has 0 amide bonds. The van der Waals surface area contributed by atoms with Crippen LogP contribution in [0.2, 0.25) is 0 Å². The Bertz CT molecular complexity index is 95.6. The summed E-state index contributed by atoms with van der Waals surface area (Å²) in [7, 11) is 4.06. The predicted molar refractivity (Wildman–Crippen MR) is 42.3 cm³/mol. The van der Waals surface area contributed by atoms with Crippen LogP contribution in [0.3, 0.4) is 0 Å². The summed E-state index contributed by atoms with van der Waals surface area (Å²) in [5, 5.41) is 0. The van der Waals surface area contributed by atoms with Gasteiger partial charge in [0.05, 0.1) is 0 Å². The molecule has 0 fully saturated rings. The summed E-state index contributed by atoms with van der Waals surface area (Å²) in [5.41, 5.74) is 0.310. The van der Waals surface area contributed by atoms with E-state index in [1.54, 1.807) is 0 Å². The highest BCUT2D eigenvalue weighted by atomic mass is 15.0. The van der Waals surface area contributed by atoms with Gasteiger partial charge in [0.15, 0.2) is 0 Å². The Hall–Kier alpha value is -0.460. The fourth-order valence-corrected chi connectivity index (χ4v) is 0.373. The SMILES string of the molecule is CN(C)/C=C/C(C)(C)C. The summed E-state index contributed by atoms with van der Waals surface area (Å²) in [6.07, 6.45) is 4.27. The molecule has 0 radical (unpaired) electrons. The maximum Gasteiger partial charge on any atom is 0.00555 e. The smallest absolute Gasteiger partial charge is 0.00555 e. The lowest BCUT2D eigenvalue weighted by atomic mass is 9.97. The van der Waals surface area contributed by atoms with Crippen molar-refractivity contribution in [2.45, 2.75) is 20.8 Å². The lowest BCUT2D eigenvalue weighted by Gasteiger charge is -2.13. The molecule has 0 rings (SSSR count). The van der Waals surface area contributed by atoms with Gasteiger partial charge in [-0.3, -0.25) is 0 Å². The van der Waals surface area contributed by atoms with E-state index in [0.717, 1.165) is 0 Å². The van der Waals surface area contributed by atoms with Crippen molar-refractivity contribution < 1.29 is 0 Å². The molecule has 0 aromatic heterocycles. The molecule has 0 aliphatic heterocycles. The van der Waals surface area contributed by atoms with Gasteiger partial charge in [-0.2, -0.15) is 0 Å². The van der Waals surface area contributed by atoms with Gasteiger partial charge in [0, 0.05) is 14.1 Å². The normalized spacial score (nSPS) is 12.6. The van der Waals surface area contributed by atoms with Crippen LogP contribution in [0.5, 0.6) is 0 Å². The zero-order valence-electron chi connectivity index (χ0n) is 7.10. The third-order valence-electron chi connectivity index (χ3n) is 0.873. The number of allylic oxidation sites excluding steroid dienone is 1. The second-order valence-corrected chi connectivity index (χ2v) is 3.65. The van der Waals surface area contributed by atoms with Gasteiger partial charge in [0.2, 0.25) is 0 Å². The minimum atomic E-state index is 0.310. The predicted octanol–water partition coefficient (Wildman–Crippen LogP) is 2.11. The Labute approximate surface area is 58.4 Å². The molecule has 54 valence electrons. The minimum Gasteiger partial charge on any atom is -0.384 e. The number of nitrogens with zero attached hydrogens (tertiary/aromatic N) is 1. The van der Waals surface area contributed by atoms with Crippen molar-refractivity contribution in [2.24, 2.45) is 5.41 Å². The van der Waals surface area contributed by atoms with Crippen molar-refractivity contribution in [3.05, 3.63) is 12.3 Å². The molecule has 0 aliphatic rings. The topological polar surface area (TPSA) is 3.24 Å². The summed E-state index contributed by atoms with van der Waals surface area (Å²) in [4.78, 5) is 2.05. The van der Waals surface area contributed by atoms with Crippen molar-refractivity contribution in [2.75, 3.05) is 14.1 Å². The molecule has 0 N–H and O–H groups in total. The second kappa shape index (κ2) is 2.90. The summed E-state index contributed by atoms with van der Waals surface area (Å²) in [5.74, 6) is 0. The number of hydrogen-bond donors (Lipinski definition) is 0. The molecule has 0 atom stereocenters. The van der Waals surface area contributed by atoms with E-state index in [2.05, 4.69) is 33.0 Å². The van der Waals surface area contributed by atoms with Gasteiger partial charge in [-0.15, -0.1) is 0 Å². The van der Waals surface area contributed by atoms with E-state index in [0.29, 0.717) is 5.41 Å². The summed E-state index contributed by atoms with van der Waals surface area (Å²) < 4.78 is 0. The van der Waals surface area contributed by atoms with Crippen LogP contribution in [0.25, 0.3) is 0 Å². The van der Waals surface area contributed by atoms with Crippen LogP contribution in [-0.2, 0) is 0 Å². The monoisotopic (exact) mass is 127 g/mol. The third-order valence-corrected chi connectivity index (χ3v) is 0.873. The van der Waals surface area contributed by atoms with Crippen molar-refractivity contribution in [1.82, 2.24) is 4.90 Å². The van der Waals surface area contributed by atoms with Gasteiger partial charge in [-0.05, 0) is 11.6 Å². The zero-order valence-corrected chi connectivity index (χ0v) is 7.10. The zero-order chi connectivity index (χ0) is 7.49. The van der Waals surface area contributed by atoms with Crippen LogP contribution >= 0.6 is 0 Å².